The van der Waals surface area contributed by atoms with Gasteiger partial charge in [0.2, 0.25) is 6.41 Å². The van der Waals surface area contributed by atoms with Crippen LogP contribution in [-0.2, 0) is 4.79 Å². The van der Waals surface area contributed by atoms with Crippen LogP contribution in [0, 0.1) is 11.6 Å². The Hall–Kier alpha value is -2.48. The number of nitrogens with one attached hydrogen (secondary N) is 2. The van der Waals surface area contributed by atoms with E-state index >= 15 is 0 Å². The van der Waals surface area contributed by atoms with Gasteiger partial charge in [0.05, 0.1) is 5.39 Å². The first-order chi connectivity index (χ1) is 10.6. The van der Waals surface area contributed by atoms with E-state index in [1.54, 1.807) is 6.20 Å². The molecular formula is C14H8BrF2N3O2. The Morgan fingerprint density at radius 3 is 2.73 bits per heavy atom. The Morgan fingerprint density at radius 1 is 1.32 bits per heavy atom. The Labute approximate surface area is 131 Å². The minimum Gasteiger partial charge on any atom is -0.450 e. The summed E-state index contributed by atoms with van der Waals surface area (Å²) in [4.78, 5) is 17.3. The van der Waals surface area contributed by atoms with Gasteiger partial charge in [-0.1, -0.05) is 0 Å². The van der Waals surface area contributed by atoms with Gasteiger partial charge in [-0.05, 0) is 22.0 Å². The summed E-state index contributed by atoms with van der Waals surface area (Å²) in [6, 6.07) is 3.44. The van der Waals surface area contributed by atoms with Crippen molar-refractivity contribution in [1.82, 2.24) is 9.97 Å². The summed E-state index contributed by atoms with van der Waals surface area (Å²) in [5, 5.41) is 2.74. The van der Waals surface area contributed by atoms with Crippen molar-refractivity contribution in [2.75, 3.05) is 5.32 Å². The molecule has 2 aromatic heterocycles. The number of benzene rings is 1. The van der Waals surface area contributed by atoms with Gasteiger partial charge in [-0.2, -0.15) is 0 Å². The molecule has 0 radical (unpaired) electrons. The number of fused-ring (bicyclic) bond motifs is 1. The van der Waals surface area contributed by atoms with E-state index in [9.17, 15) is 13.6 Å². The van der Waals surface area contributed by atoms with Crippen molar-refractivity contribution in [3.63, 3.8) is 0 Å². The molecule has 22 heavy (non-hydrogen) atoms. The van der Waals surface area contributed by atoms with Crippen molar-refractivity contribution < 1.29 is 18.3 Å². The zero-order valence-electron chi connectivity index (χ0n) is 10.9. The molecule has 3 rings (SSSR count). The third-order valence-electron chi connectivity index (χ3n) is 2.92. The van der Waals surface area contributed by atoms with Crippen LogP contribution in [0.3, 0.4) is 0 Å². The van der Waals surface area contributed by atoms with Gasteiger partial charge in [0, 0.05) is 34.7 Å². The Bertz CT molecular complexity index is 843. The van der Waals surface area contributed by atoms with Crippen molar-refractivity contribution in [2.45, 2.75) is 0 Å². The van der Waals surface area contributed by atoms with Crippen LogP contribution in [0.5, 0.6) is 11.5 Å². The standard InChI is InChI=1S/C14H8BrF2N3O2/c15-8-5-19-14-12(8)11(1-2-18-14)22-13-9(16)3-7(20-6-21)4-10(13)17/h1-6H,(H,18,19)(H,20,21). The van der Waals surface area contributed by atoms with E-state index in [4.69, 9.17) is 4.74 Å². The largest absolute Gasteiger partial charge is 0.450 e. The lowest BCUT2D eigenvalue weighted by Gasteiger charge is -2.10. The summed E-state index contributed by atoms with van der Waals surface area (Å²) in [5.74, 6) is -2.17. The molecule has 0 saturated heterocycles. The Balaban J connectivity index is 2.05. The fourth-order valence-electron chi connectivity index (χ4n) is 1.99. The number of H-pyrrole nitrogens is 1. The number of amides is 1. The molecule has 1 amide bonds. The van der Waals surface area contributed by atoms with Gasteiger partial charge < -0.3 is 15.0 Å². The fourth-order valence-corrected chi connectivity index (χ4v) is 2.49. The van der Waals surface area contributed by atoms with Crippen LogP contribution in [0.25, 0.3) is 11.0 Å². The van der Waals surface area contributed by atoms with Crippen LogP contribution in [0.15, 0.2) is 35.1 Å². The Kier molecular flexibility index (Phi) is 3.76. The molecule has 112 valence electrons. The number of aromatic nitrogens is 2. The van der Waals surface area contributed by atoms with Gasteiger partial charge in [0.15, 0.2) is 17.4 Å². The molecule has 0 atom stereocenters. The first-order valence-corrected chi connectivity index (χ1v) is 6.88. The van der Waals surface area contributed by atoms with Crippen LogP contribution >= 0.6 is 15.9 Å². The second-order valence-electron chi connectivity index (χ2n) is 4.30. The molecule has 0 aliphatic rings. The lowest BCUT2D eigenvalue weighted by molar-refractivity contribution is -0.105. The van der Waals surface area contributed by atoms with Gasteiger partial charge in [0.1, 0.15) is 11.4 Å². The summed E-state index contributed by atoms with van der Waals surface area (Å²) in [7, 11) is 0. The molecule has 1 aromatic carbocycles. The molecule has 0 unspecified atom stereocenters. The quantitative estimate of drug-likeness (QED) is 0.685. The molecule has 2 heterocycles. The number of nitrogens with zero attached hydrogens (tertiary/aromatic N) is 1. The van der Waals surface area contributed by atoms with Crippen molar-refractivity contribution in [1.29, 1.82) is 0 Å². The third-order valence-corrected chi connectivity index (χ3v) is 3.55. The average Bonchev–Trinajstić information content (AvgIpc) is 2.86. The van der Waals surface area contributed by atoms with Crippen LogP contribution in [0.2, 0.25) is 0 Å². The summed E-state index contributed by atoms with van der Waals surface area (Å²) in [6.07, 6.45) is 3.44. The van der Waals surface area contributed by atoms with E-state index in [0.717, 1.165) is 12.1 Å². The first-order valence-electron chi connectivity index (χ1n) is 6.09. The third kappa shape index (κ3) is 2.52. The first kappa shape index (κ1) is 14.5. The highest BCUT2D eigenvalue weighted by Crippen LogP contribution is 2.36. The van der Waals surface area contributed by atoms with E-state index in [2.05, 4.69) is 31.2 Å². The zero-order chi connectivity index (χ0) is 15.7. The SMILES string of the molecule is O=CNc1cc(F)c(Oc2ccnc3[nH]cc(Br)c23)c(F)c1. The minimum atomic E-state index is -0.930. The lowest BCUT2D eigenvalue weighted by atomic mass is 10.2. The zero-order valence-corrected chi connectivity index (χ0v) is 12.4. The second-order valence-corrected chi connectivity index (χ2v) is 5.16. The molecule has 8 heteroatoms. The highest BCUT2D eigenvalue weighted by molar-refractivity contribution is 9.10. The maximum Gasteiger partial charge on any atom is 0.211 e. The maximum atomic E-state index is 14.0. The van der Waals surface area contributed by atoms with Gasteiger partial charge in [-0.25, -0.2) is 13.8 Å². The number of carbonyl (C=O) groups excluding carboxylic acids is 1. The number of aromatic amines is 1. The van der Waals surface area contributed by atoms with Crippen molar-refractivity contribution >= 4 is 39.1 Å². The summed E-state index contributed by atoms with van der Waals surface area (Å²) >= 11 is 3.31. The molecule has 0 spiro atoms. The summed E-state index contributed by atoms with van der Waals surface area (Å²) in [5.41, 5.74) is 0.518. The molecule has 5 nitrogen and oxygen atoms in total. The average molecular weight is 368 g/mol. The fraction of sp³-hybridized carbons (Fsp3) is 0. The molecule has 3 aromatic rings. The number of hydrogen-bond donors (Lipinski definition) is 2. The smallest absolute Gasteiger partial charge is 0.211 e. The van der Waals surface area contributed by atoms with Gasteiger partial charge >= 0.3 is 0 Å². The van der Waals surface area contributed by atoms with Gasteiger partial charge in [-0.3, -0.25) is 4.79 Å². The normalized spacial score (nSPS) is 10.7. The highest BCUT2D eigenvalue weighted by atomic mass is 79.9. The molecular weight excluding hydrogens is 360 g/mol. The number of ether oxygens (including phenoxy) is 1. The van der Waals surface area contributed by atoms with E-state index < -0.39 is 17.4 Å². The maximum absolute atomic E-state index is 14.0. The predicted octanol–water partition coefficient (Wildman–Crippen LogP) is 3.96. The highest BCUT2D eigenvalue weighted by Gasteiger charge is 2.16. The monoisotopic (exact) mass is 367 g/mol. The summed E-state index contributed by atoms with van der Waals surface area (Å²) in [6.45, 7) is 0. The van der Waals surface area contributed by atoms with Crippen LogP contribution in [0.1, 0.15) is 0 Å². The van der Waals surface area contributed by atoms with Gasteiger partial charge in [0.25, 0.3) is 0 Å². The number of anilines is 1. The molecule has 0 fully saturated rings. The van der Waals surface area contributed by atoms with Crippen molar-refractivity contribution in [3.8, 4) is 11.5 Å². The minimum absolute atomic E-state index is 0.0000466. The van der Waals surface area contributed by atoms with E-state index in [1.807, 2.05) is 0 Å². The predicted molar refractivity (Wildman–Crippen MR) is 79.9 cm³/mol. The molecule has 0 bridgehead atoms. The number of hydrogen-bond acceptors (Lipinski definition) is 3. The molecule has 2 N–H and O–H groups in total. The number of rotatable bonds is 4. The van der Waals surface area contributed by atoms with E-state index in [1.165, 1.54) is 12.3 Å². The second kappa shape index (κ2) is 5.72. The molecule has 0 aliphatic carbocycles. The van der Waals surface area contributed by atoms with Crippen LogP contribution in [0.4, 0.5) is 14.5 Å². The Morgan fingerprint density at radius 2 is 2.05 bits per heavy atom. The van der Waals surface area contributed by atoms with Crippen molar-refractivity contribution in [2.24, 2.45) is 0 Å². The molecule has 0 aliphatic heterocycles. The van der Waals surface area contributed by atoms with E-state index in [0.29, 0.717) is 21.9 Å². The van der Waals surface area contributed by atoms with Crippen LogP contribution < -0.4 is 10.1 Å². The molecule has 0 saturated carbocycles. The lowest BCUT2D eigenvalue weighted by Crippen LogP contribution is -1.99. The topological polar surface area (TPSA) is 67.0 Å². The van der Waals surface area contributed by atoms with Crippen molar-refractivity contribution in [3.05, 3.63) is 46.7 Å². The van der Waals surface area contributed by atoms with Crippen LogP contribution in [-0.4, -0.2) is 16.4 Å². The summed E-state index contributed by atoms with van der Waals surface area (Å²) < 4.78 is 34.0. The number of carbonyl (C=O) groups is 1. The number of pyridine rings is 1. The van der Waals surface area contributed by atoms with Gasteiger partial charge in [-0.15, -0.1) is 0 Å². The van der Waals surface area contributed by atoms with E-state index in [-0.39, 0.29) is 11.4 Å². The number of halogens is 3.